The van der Waals surface area contributed by atoms with Gasteiger partial charge in [-0.05, 0) is 54.7 Å². The van der Waals surface area contributed by atoms with Crippen LogP contribution < -0.4 is 0 Å². The van der Waals surface area contributed by atoms with Crippen molar-refractivity contribution in [1.82, 2.24) is 0 Å². The molecule has 0 spiro atoms. The molecule has 0 unspecified atom stereocenters. The summed E-state index contributed by atoms with van der Waals surface area (Å²) in [6.07, 6.45) is -6.16. The maximum atomic E-state index is 15.1. The SMILES string of the molecule is CCc1cc(F)c(-c2c(O)cc(F)c(CCc3cc(F)c(C(F)(F)F)c(F)c3)c2F)c(F)c1. The van der Waals surface area contributed by atoms with Crippen LogP contribution >= 0.6 is 0 Å². The number of benzene rings is 3. The van der Waals surface area contributed by atoms with Crippen LogP contribution in [0.3, 0.4) is 0 Å². The monoisotopic (exact) mass is 478 g/mol. The molecule has 3 aromatic rings. The molecule has 0 amide bonds. The van der Waals surface area contributed by atoms with Gasteiger partial charge in [-0.1, -0.05) is 6.92 Å². The van der Waals surface area contributed by atoms with Crippen LogP contribution in [0, 0.1) is 34.9 Å². The van der Waals surface area contributed by atoms with E-state index in [9.17, 15) is 40.2 Å². The van der Waals surface area contributed by atoms with Crippen molar-refractivity contribution in [1.29, 1.82) is 0 Å². The number of alkyl halides is 3. The van der Waals surface area contributed by atoms with Crippen molar-refractivity contribution in [3.63, 3.8) is 0 Å². The van der Waals surface area contributed by atoms with Gasteiger partial charge >= 0.3 is 6.18 Å². The van der Waals surface area contributed by atoms with Gasteiger partial charge in [0.25, 0.3) is 0 Å². The Kier molecular flexibility index (Phi) is 6.67. The first-order chi connectivity index (χ1) is 15.3. The molecule has 3 rings (SSSR count). The molecule has 0 heterocycles. The second kappa shape index (κ2) is 8.99. The summed E-state index contributed by atoms with van der Waals surface area (Å²) in [6.45, 7) is 1.62. The Balaban J connectivity index is 2.02. The number of phenols is 1. The van der Waals surface area contributed by atoms with Crippen molar-refractivity contribution in [2.24, 2.45) is 0 Å². The number of hydrogen-bond acceptors (Lipinski definition) is 1. The highest BCUT2D eigenvalue weighted by Crippen LogP contribution is 2.39. The van der Waals surface area contributed by atoms with E-state index in [4.69, 9.17) is 0 Å². The number of halogens is 9. The minimum atomic E-state index is -5.28. The number of phenolic OH excluding ortho intramolecular Hbond substituents is 1. The van der Waals surface area contributed by atoms with E-state index >= 15 is 4.39 Å². The first-order valence-corrected chi connectivity index (χ1v) is 9.58. The number of aromatic hydroxyl groups is 1. The van der Waals surface area contributed by atoms with Gasteiger partial charge in [-0.3, -0.25) is 0 Å². The van der Waals surface area contributed by atoms with E-state index in [0.29, 0.717) is 18.2 Å². The van der Waals surface area contributed by atoms with E-state index < -0.39 is 81.9 Å². The molecule has 10 heteroatoms. The van der Waals surface area contributed by atoms with E-state index in [2.05, 4.69) is 0 Å². The Hall–Kier alpha value is -3.17. The summed E-state index contributed by atoms with van der Waals surface area (Å²) in [6, 6.07) is 3.04. The van der Waals surface area contributed by atoms with Crippen LogP contribution in [0.25, 0.3) is 11.1 Å². The van der Waals surface area contributed by atoms with E-state index in [-0.39, 0.29) is 17.5 Å². The van der Waals surface area contributed by atoms with Crippen LogP contribution in [-0.4, -0.2) is 5.11 Å². The molecule has 33 heavy (non-hydrogen) atoms. The Morgan fingerprint density at radius 2 is 1.18 bits per heavy atom. The maximum absolute atomic E-state index is 15.1. The molecule has 176 valence electrons. The third kappa shape index (κ3) is 4.79. The molecule has 0 radical (unpaired) electrons. The summed E-state index contributed by atoms with van der Waals surface area (Å²) in [5.41, 5.74) is -4.85. The lowest BCUT2D eigenvalue weighted by atomic mass is 9.94. The van der Waals surface area contributed by atoms with Gasteiger partial charge in [0.15, 0.2) is 0 Å². The summed E-state index contributed by atoms with van der Waals surface area (Å²) in [7, 11) is 0. The van der Waals surface area contributed by atoms with Crippen molar-refractivity contribution in [2.75, 3.05) is 0 Å². The fourth-order valence-electron chi connectivity index (χ4n) is 3.49. The van der Waals surface area contributed by atoms with Crippen LogP contribution in [0.15, 0.2) is 30.3 Å². The summed E-state index contributed by atoms with van der Waals surface area (Å²) >= 11 is 0. The van der Waals surface area contributed by atoms with Gasteiger partial charge in [-0.15, -0.1) is 0 Å². The van der Waals surface area contributed by atoms with Gasteiger partial charge in [0.05, 0.1) is 11.1 Å². The van der Waals surface area contributed by atoms with E-state index in [1.54, 1.807) is 6.92 Å². The molecule has 1 nitrogen and oxygen atoms in total. The Labute approximate surface area is 182 Å². The molecule has 0 aliphatic carbocycles. The molecule has 0 saturated carbocycles. The fraction of sp³-hybridized carbons (Fsp3) is 0.217. The highest BCUT2D eigenvalue weighted by atomic mass is 19.4. The lowest BCUT2D eigenvalue weighted by Gasteiger charge is -2.15. The minimum absolute atomic E-state index is 0.252. The predicted octanol–water partition coefficient (Wildman–Crippen LogP) is 7.26. The molecule has 0 atom stereocenters. The van der Waals surface area contributed by atoms with E-state index in [1.807, 2.05) is 0 Å². The molecule has 0 aromatic heterocycles. The summed E-state index contributed by atoms with van der Waals surface area (Å²) < 4.78 is 124. The molecule has 0 aliphatic heterocycles. The molecule has 0 aliphatic rings. The lowest BCUT2D eigenvalue weighted by molar-refractivity contribution is -0.142. The zero-order valence-electron chi connectivity index (χ0n) is 16.9. The van der Waals surface area contributed by atoms with Crippen molar-refractivity contribution in [3.05, 3.63) is 87.5 Å². The average molecular weight is 478 g/mol. The maximum Gasteiger partial charge on any atom is 0.422 e. The highest BCUT2D eigenvalue weighted by Gasteiger charge is 2.38. The zero-order valence-corrected chi connectivity index (χ0v) is 16.9. The second-order valence-electron chi connectivity index (χ2n) is 7.27. The van der Waals surface area contributed by atoms with Gasteiger partial charge < -0.3 is 5.11 Å². The lowest BCUT2D eigenvalue weighted by Crippen LogP contribution is -2.12. The molecule has 0 fully saturated rings. The van der Waals surface area contributed by atoms with Gasteiger partial charge in [0.2, 0.25) is 0 Å². The van der Waals surface area contributed by atoms with Crippen LogP contribution in [-0.2, 0) is 25.4 Å². The fourth-order valence-corrected chi connectivity index (χ4v) is 3.49. The van der Waals surface area contributed by atoms with E-state index in [0.717, 1.165) is 12.1 Å². The second-order valence-corrected chi connectivity index (χ2v) is 7.27. The van der Waals surface area contributed by atoms with Crippen molar-refractivity contribution in [2.45, 2.75) is 32.4 Å². The Morgan fingerprint density at radius 1 is 0.667 bits per heavy atom. The highest BCUT2D eigenvalue weighted by molar-refractivity contribution is 5.73. The van der Waals surface area contributed by atoms with Gasteiger partial charge in [0, 0.05) is 11.6 Å². The Bertz CT molecular complexity index is 1170. The van der Waals surface area contributed by atoms with Gasteiger partial charge in [0.1, 0.15) is 46.2 Å². The first kappa shape index (κ1) is 24.5. The normalized spacial score (nSPS) is 11.8. The number of aryl methyl sites for hydroxylation is 2. The number of hydrogen-bond donors (Lipinski definition) is 1. The average Bonchev–Trinajstić information content (AvgIpc) is 2.67. The third-order valence-electron chi connectivity index (χ3n) is 5.10. The Morgan fingerprint density at radius 3 is 1.67 bits per heavy atom. The first-order valence-electron chi connectivity index (χ1n) is 9.58. The summed E-state index contributed by atoms with van der Waals surface area (Å²) in [5.74, 6) is -10.1. The van der Waals surface area contributed by atoms with Crippen LogP contribution in [0.5, 0.6) is 5.75 Å². The molecular weight excluding hydrogens is 463 g/mol. The standard InChI is InChI=1S/C23H15F9O/c1-2-10-5-14(25)19(15(26)6-10)20-18(33)9-13(24)12(22(20)29)4-3-11-7-16(27)21(17(28)8-11)23(30,31)32/h5-9,33H,2-4H2,1H3. The van der Waals surface area contributed by atoms with Crippen LogP contribution in [0.4, 0.5) is 39.5 Å². The summed E-state index contributed by atoms with van der Waals surface area (Å²) in [4.78, 5) is 0. The molecule has 3 aromatic carbocycles. The molecule has 0 bridgehead atoms. The topological polar surface area (TPSA) is 20.2 Å². The third-order valence-corrected chi connectivity index (χ3v) is 5.10. The predicted molar refractivity (Wildman–Crippen MR) is 102 cm³/mol. The smallest absolute Gasteiger partial charge is 0.422 e. The van der Waals surface area contributed by atoms with Crippen molar-refractivity contribution < 1.29 is 44.6 Å². The largest absolute Gasteiger partial charge is 0.507 e. The van der Waals surface area contributed by atoms with E-state index in [1.165, 1.54) is 0 Å². The summed E-state index contributed by atoms with van der Waals surface area (Å²) in [5, 5.41) is 9.97. The van der Waals surface area contributed by atoms with Crippen LogP contribution in [0.2, 0.25) is 0 Å². The quantitative estimate of drug-likeness (QED) is 0.383. The molecule has 1 N–H and O–H groups in total. The molecule has 0 saturated heterocycles. The van der Waals surface area contributed by atoms with Crippen molar-refractivity contribution in [3.8, 4) is 16.9 Å². The minimum Gasteiger partial charge on any atom is -0.507 e. The number of rotatable bonds is 5. The van der Waals surface area contributed by atoms with Gasteiger partial charge in [-0.2, -0.15) is 13.2 Å². The zero-order chi connectivity index (χ0) is 24.7. The van der Waals surface area contributed by atoms with Crippen LogP contribution in [0.1, 0.15) is 29.2 Å². The van der Waals surface area contributed by atoms with Crippen molar-refractivity contribution >= 4 is 0 Å². The molecular formula is C23H15F9O. The van der Waals surface area contributed by atoms with Gasteiger partial charge in [-0.25, -0.2) is 26.3 Å².